The smallest absolute Gasteiger partial charge is 0.267 e. The van der Waals surface area contributed by atoms with Gasteiger partial charge in [-0.15, -0.1) is 0 Å². The van der Waals surface area contributed by atoms with E-state index in [4.69, 9.17) is 4.74 Å². The highest BCUT2D eigenvalue weighted by Gasteiger charge is 2.29. The molecule has 1 saturated carbocycles. The molecule has 1 aliphatic carbocycles. The Morgan fingerprint density at radius 2 is 2.24 bits per heavy atom. The molecule has 0 unspecified atom stereocenters. The lowest BCUT2D eigenvalue weighted by Crippen LogP contribution is -2.34. The van der Waals surface area contributed by atoms with Crippen molar-refractivity contribution in [2.75, 3.05) is 20.3 Å². The average Bonchev–Trinajstić information content (AvgIpc) is 3.15. The average molecular weight is 315 g/mol. The molecule has 1 aromatic heterocycles. The number of carbonyl (C=O) groups excluding carboxylic acids is 1. The molecule has 118 valence electrons. The van der Waals surface area contributed by atoms with Gasteiger partial charge in [-0.2, -0.15) is 0 Å². The Balaban J connectivity index is 1.97. The van der Waals surface area contributed by atoms with Crippen LogP contribution < -0.4 is 10.0 Å². The van der Waals surface area contributed by atoms with Crippen molar-refractivity contribution in [2.24, 2.45) is 5.92 Å². The van der Waals surface area contributed by atoms with Crippen LogP contribution in [0.5, 0.6) is 0 Å². The molecule has 1 amide bonds. The van der Waals surface area contributed by atoms with Gasteiger partial charge in [0.05, 0.1) is 6.61 Å². The van der Waals surface area contributed by atoms with E-state index in [9.17, 15) is 13.2 Å². The van der Waals surface area contributed by atoms with E-state index < -0.39 is 10.0 Å². The highest BCUT2D eigenvalue weighted by molar-refractivity contribution is 7.89. The zero-order chi connectivity index (χ0) is 15.5. The van der Waals surface area contributed by atoms with Gasteiger partial charge in [-0.3, -0.25) is 4.79 Å². The van der Waals surface area contributed by atoms with E-state index in [0.717, 1.165) is 12.8 Å². The summed E-state index contributed by atoms with van der Waals surface area (Å²) in [5, 5.41) is 2.87. The fourth-order valence-electron chi connectivity index (χ4n) is 2.02. The molecular formula is C13H21N3O4S. The van der Waals surface area contributed by atoms with Crippen molar-refractivity contribution >= 4 is 15.9 Å². The van der Waals surface area contributed by atoms with Crippen LogP contribution in [0, 0.1) is 5.92 Å². The van der Waals surface area contributed by atoms with Crippen molar-refractivity contribution in [1.29, 1.82) is 0 Å². The molecule has 0 aromatic carbocycles. The summed E-state index contributed by atoms with van der Waals surface area (Å²) in [6.07, 6.45) is 3.58. The second-order valence-corrected chi connectivity index (χ2v) is 7.01. The number of ether oxygens (including phenoxy) is 1. The first kappa shape index (κ1) is 16.0. The maximum Gasteiger partial charge on any atom is 0.267 e. The molecule has 1 heterocycles. The minimum absolute atomic E-state index is 0.0443. The Kier molecular flexibility index (Phi) is 5.02. The number of aromatic nitrogens is 1. The predicted octanol–water partition coefficient (Wildman–Crippen LogP) is 0.468. The summed E-state index contributed by atoms with van der Waals surface area (Å²) in [5.41, 5.74) is 0.245. The van der Waals surface area contributed by atoms with Crippen LogP contribution in [0.2, 0.25) is 0 Å². The van der Waals surface area contributed by atoms with Gasteiger partial charge in [0.25, 0.3) is 5.91 Å². The number of hydrogen-bond donors (Lipinski definition) is 3. The zero-order valence-corrected chi connectivity index (χ0v) is 13.0. The molecule has 2 rings (SSSR count). The van der Waals surface area contributed by atoms with E-state index in [-0.39, 0.29) is 35.7 Å². The summed E-state index contributed by atoms with van der Waals surface area (Å²) >= 11 is 0. The lowest BCUT2D eigenvalue weighted by Gasteiger charge is -2.11. The standard InChI is InChI=1S/C13H21N3O4S/c1-9(10-3-4-10)16-13(17)12-7-11(8-14-12)21(18,19)15-5-6-20-2/h7-10,14-15H,3-6H2,1-2H3,(H,16,17)/t9-/m0/s1. The Hall–Kier alpha value is -1.38. The SMILES string of the molecule is COCCNS(=O)(=O)c1c[nH]c(C(=O)N[C@@H](C)C2CC2)c1. The minimum atomic E-state index is -3.62. The Morgan fingerprint density at radius 3 is 2.86 bits per heavy atom. The van der Waals surface area contributed by atoms with Crippen molar-refractivity contribution in [1.82, 2.24) is 15.0 Å². The maximum absolute atomic E-state index is 12.0. The van der Waals surface area contributed by atoms with Crippen LogP contribution in [0.4, 0.5) is 0 Å². The van der Waals surface area contributed by atoms with Crippen LogP contribution in [0.3, 0.4) is 0 Å². The fraction of sp³-hybridized carbons (Fsp3) is 0.615. The van der Waals surface area contributed by atoms with E-state index in [0.29, 0.717) is 5.92 Å². The number of aromatic amines is 1. The predicted molar refractivity (Wildman–Crippen MR) is 77.5 cm³/mol. The first-order chi connectivity index (χ1) is 9.94. The Bertz CT molecular complexity index is 592. The number of rotatable bonds is 8. The third kappa shape index (κ3) is 4.29. The molecule has 0 aliphatic heterocycles. The molecule has 0 spiro atoms. The highest BCUT2D eigenvalue weighted by atomic mass is 32.2. The van der Waals surface area contributed by atoms with Crippen molar-refractivity contribution in [3.63, 3.8) is 0 Å². The molecule has 1 aliphatic rings. The third-order valence-corrected chi connectivity index (χ3v) is 4.94. The number of H-pyrrole nitrogens is 1. The Labute approximate surface area is 124 Å². The third-order valence-electron chi connectivity index (χ3n) is 3.50. The van der Waals surface area contributed by atoms with Crippen LogP contribution in [0.15, 0.2) is 17.2 Å². The summed E-state index contributed by atoms with van der Waals surface area (Å²) in [4.78, 5) is 14.8. The largest absolute Gasteiger partial charge is 0.383 e. The van der Waals surface area contributed by atoms with Gasteiger partial charge >= 0.3 is 0 Å². The minimum Gasteiger partial charge on any atom is -0.383 e. The van der Waals surface area contributed by atoms with E-state index >= 15 is 0 Å². The fourth-order valence-corrected chi connectivity index (χ4v) is 3.03. The van der Waals surface area contributed by atoms with Crippen LogP contribution in [0.1, 0.15) is 30.3 Å². The lowest BCUT2D eigenvalue weighted by atomic mass is 10.2. The van der Waals surface area contributed by atoms with Gasteiger partial charge in [-0.25, -0.2) is 13.1 Å². The van der Waals surface area contributed by atoms with Crippen LogP contribution in [-0.4, -0.2) is 45.6 Å². The molecule has 8 heteroatoms. The molecule has 0 saturated heterocycles. The number of methoxy groups -OCH3 is 1. The second kappa shape index (κ2) is 6.59. The molecule has 0 radical (unpaired) electrons. The van der Waals surface area contributed by atoms with Gasteiger partial charge in [-0.05, 0) is 31.7 Å². The quantitative estimate of drug-likeness (QED) is 0.607. The van der Waals surface area contributed by atoms with Crippen LogP contribution >= 0.6 is 0 Å². The molecule has 1 atom stereocenters. The van der Waals surface area contributed by atoms with Crippen molar-refractivity contribution in [3.05, 3.63) is 18.0 Å². The van der Waals surface area contributed by atoms with Gasteiger partial charge in [0.2, 0.25) is 10.0 Å². The van der Waals surface area contributed by atoms with E-state index in [1.165, 1.54) is 19.4 Å². The van der Waals surface area contributed by atoms with Gasteiger partial charge in [0, 0.05) is 25.9 Å². The van der Waals surface area contributed by atoms with E-state index in [1.807, 2.05) is 6.92 Å². The lowest BCUT2D eigenvalue weighted by molar-refractivity contribution is 0.0931. The summed E-state index contributed by atoms with van der Waals surface area (Å²) in [6, 6.07) is 1.45. The van der Waals surface area contributed by atoms with Crippen LogP contribution in [-0.2, 0) is 14.8 Å². The monoisotopic (exact) mass is 315 g/mol. The first-order valence-corrected chi connectivity index (χ1v) is 8.40. The number of hydrogen-bond acceptors (Lipinski definition) is 4. The van der Waals surface area contributed by atoms with Crippen molar-refractivity contribution < 1.29 is 17.9 Å². The molecule has 7 nitrogen and oxygen atoms in total. The number of nitrogens with one attached hydrogen (secondary N) is 3. The summed E-state index contributed by atoms with van der Waals surface area (Å²) in [7, 11) is -2.12. The van der Waals surface area contributed by atoms with Gasteiger partial charge in [0.1, 0.15) is 10.6 Å². The van der Waals surface area contributed by atoms with Crippen molar-refractivity contribution in [3.8, 4) is 0 Å². The summed E-state index contributed by atoms with van der Waals surface area (Å²) in [5.74, 6) is 0.260. The normalized spacial score (nSPS) is 16.7. The van der Waals surface area contributed by atoms with E-state index in [2.05, 4.69) is 15.0 Å². The molecule has 3 N–H and O–H groups in total. The number of carbonyl (C=O) groups is 1. The number of amides is 1. The van der Waals surface area contributed by atoms with Crippen molar-refractivity contribution in [2.45, 2.75) is 30.7 Å². The molecular weight excluding hydrogens is 294 g/mol. The Morgan fingerprint density at radius 1 is 1.52 bits per heavy atom. The van der Waals surface area contributed by atoms with Crippen LogP contribution in [0.25, 0.3) is 0 Å². The molecule has 1 fully saturated rings. The van der Waals surface area contributed by atoms with Gasteiger partial charge < -0.3 is 15.0 Å². The molecule has 21 heavy (non-hydrogen) atoms. The highest BCUT2D eigenvalue weighted by Crippen LogP contribution is 2.32. The number of sulfonamides is 1. The zero-order valence-electron chi connectivity index (χ0n) is 12.2. The van der Waals surface area contributed by atoms with E-state index in [1.54, 1.807) is 0 Å². The van der Waals surface area contributed by atoms with Gasteiger partial charge in [0.15, 0.2) is 0 Å². The molecule has 0 bridgehead atoms. The first-order valence-electron chi connectivity index (χ1n) is 6.92. The molecule has 1 aromatic rings. The maximum atomic E-state index is 12.0. The summed E-state index contributed by atoms with van der Waals surface area (Å²) < 4.78 is 31.1. The second-order valence-electron chi connectivity index (χ2n) is 5.24. The van der Waals surface area contributed by atoms with Gasteiger partial charge in [-0.1, -0.05) is 0 Å². The summed E-state index contributed by atoms with van der Waals surface area (Å²) in [6.45, 7) is 2.43. The topological polar surface area (TPSA) is 100 Å².